The van der Waals surface area contributed by atoms with Gasteiger partial charge in [-0.15, -0.1) is 11.3 Å². The van der Waals surface area contributed by atoms with E-state index in [-0.39, 0.29) is 12.0 Å². The Kier molecular flexibility index (Phi) is 4.01. The maximum absolute atomic E-state index is 12.6. The van der Waals surface area contributed by atoms with Gasteiger partial charge in [-0.3, -0.25) is 9.69 Å². The van der Waals surface area contributed by atoms with Gasteiger partial charge in [0.2, 0.25) is 0 Å². The summed E-state index contributed by atoms with van der Waals surface area (Å²) in [5.41, 5.74) is 1.20. The Balaban J connectivity index is 2.10. The SMILES string of the molecule is CN(CCO)Cc1ccc2sc3ccccc3c(=O)c2c1. The molecule has 1 aromatic heterocycles. The molecule has 0 fully saturated rings. The van der Waals surface area contributed by atoms with Gasteiger partial charge in [0.05, 0.1) is 6.61 Å². The van der Waals surface area contributed by atoms with Crippen LogP contribution in [0, 0.1) is 0 Å². The van der Waals surface area contributed by atoms with Gasteiger partial charge in [-0.05, 0) is 36.9 Å². The lowest BCUT2D eigenvalue weighted by Gasteiger charge is -2.15. The average Bonchev–Trinajstić information content (AvgIpc) is 2.48. The molecule has 1 N–H and O–H groups in total. The van der Waals surface area contributed by atoms with Crippen molar-refractivity contribution in [2.75, 3.05) is 20.2 Å². The molecule has 3 nitrogen and oxygen atoms in total. The molecule has 0 saturated heterocycles. The first-order chi connectivity index (χ1) is 10.2. The summed E-state index contributed by atoms with van der Waals surface area (Å²) in [6.45, 7) is 1.50. The Bertz CT molecular complexity index is 841. The second-order valence-electron chi connectivity index (χ2n) is 5.22. The molecule has 0 saturated carbocycles. The summed E-state index contributed by atoms with van der Waals surface area (Å²) < 4.78 is 2.05. The first-order valence-electron chi connectivity index (χ1n) is 6.93. The smallest absolute Gasteiger partial charge is 0.195 e. The molecule has 0 aliphatic heterocycles. The molecular weight excluding hydrogens is 282 g/mol. The van der Waals surface area contributed by atoms with Crippen molar-refractivity contribution in [1.82, 2.24) is 4.90 Å². The monoisotopic (exact) mass is 299 g/mol. The van der Waals surface area contributed by atoms with E-state index in [9.17, 15) is 4.79 Å². The maximum atomic E-state index is 12.6. The molecule has 3 rings (SSSR count). The summed E-state index contributed by atoms with van der Waals surface area (Å²) in [5.74, 6) is 0. The van der Waals surface area contributed by atoms with Crippen molar-refractivity contribution >= 4 is 31.5 Å². The number of aliphatic hydroxyl groups excluding tert-OH is 1. The van der Waals surface area contributed by atoms with E-state index in [1.165, 1.54) is 0 Å². The van der Waals surface area contributed by atoms with Crippen LogP contribution in [0.5, 0.6) is 0 Å². The molecule has 0 unspecified atom stereocenters. The number of likely N-dealkylation sites (N-methyl/N-ethyl adjacent to an activating group) is 1. The Labute approximate surface area is 127 Å². The van der Waals surface area contributed by atoms with Crippen LogP contribution in [0.15, 0.2) is 47.3 Å². The van der Waals surface area contributed by atoms with Crippen molar-refractivity contribution in [1.29, 1.82) is 0 Å². The van der Waals surface area contributed by atoms with E-state index in [4.69, 9.17) is 5.11 Å². The molecule has 3 aromatic rings. The molecule has 0 aliphatic rings. The third kappa shape index (κ3) is 2.83. The number of nitrogens with zero attached hydrogens (tertiary/aromatic N) is 1. The van der Waals surface area contributed by atoms with E-state index in [0.717, 1.165) is 32.3 Å². The van der Waals surface area contributed by atoms with E-state index in [0.29, 0.717) is 6.54 Å². The minimum atomic E-state index is 0.103. The highest BCUT2D eigenvalue weighted by Crippen LogP contribution is 2.25. The minimum Gasteiger partial charge on any atom is -0.395 e. The van der Waals surface area contributed by atoms with E-state index in [1.807, 2.05) is 48.3 Å². The zero-order chi connectivity index (χ0) is 14.8. The van der Waals surface area contributed by atoms with E-state index in [2.05, 4.69) is 6.07 Å². The molecule has 0 bridgehead atoms. The standard InChI is InChI=1S/C17H17NO2S/c1-18(8-9-19)11-12-6-7-16-14(10-12)17(20)13-4-2-3-5-15(13)21-16/h2-7,10,19H,8-9,11H2,1H3. The molecule has 0 aliphatic carbocycles. The summed E-state index contributed by atoms with van der Waals surface area (Å²) in [6, 6.07) is 13.8. The van der Waals surface area contributed by atoms with Crippen LogP contribution in [0.3, 0.4) is 0 Å². The van der Waals surface area contributed by atoms with Crippen LogP contribution >= 0.6 is 11.3 Å². The van der Waals surface area contributed by atoms with Crippen LogP contribution in [0.2, 0.25) is 0 Å². The van der Waals surface area contributed by atoms with E-state index < -0.39 is 0 Å². The van der Waals surface area contributed by atoms with Gasteiger partial charge in [0.15, 0.2) is 5.43 Å². The predicted molar refractivity (Wildman–Crippen MR) is 89.0 cm³/mol. The molecule has 108 valence electrons. The maximum Gasteiger partial charge on any atom is 0.195 e. The molecule has 0 radical (unpaired) electrons. The molecule has 0 amide bonds. The Morgan fingerprint density at radius 1 is 1.10 bits per heavy atom. The van der Waals surface area contributed by atoms with E-state index >= 15 is 0 Å². The van der Waals surface area contributed by atoms with Crippen molar-refractivity contribution in [3.05, 3.63) is 58.3 Å². The lowest BCUT2D eigenvalue weighted by Crippen LogP contribution is -2.21. The fourth-order valence-corrected chi connectivity index (χ4v) is 3.56. The summed E-state index contributed by atoms with van der Waals surface area (Å²) in [5, 5.41) is 10.5. The van der Waals surface area contributed by atoms with Gasteiger partial charge in [0.25, 0.3) is 0 Å². The first-order valence-corrected chi connectivity index (χ1v) is 7.74. The van der Waals surface area contributed by atoms with Crippen molar-refractivity contribution in [3.63, 3.8) is 0 Å². The largest absolute Gasteiger partial charge is 0.395 e. The van der Waals surface area contributed by atoms with Crippen LogP contribution in [0.1, 0.15) is 5.56 Å². The highest BCUT2D eigenvalue weighted by atomic mass is 32.1. The van der Waals surface area contributed by atoms with Crippen molar-refractivity contribution in [2.24, 2.45) is 0 Å². The molecule has 0 spiro atoms. The molecule has 21 heavy (non-hydrogen) atoms. The van der Waals surface area contributed by atoms with Gasteiger partial charge in [0, 0.05) is 33.3 Å². The van der Waals surface area contributed by atoms with Gasteiger partial charge in [-0.1, -0.05) is 18.2 Å². The number of fused-ring (bicyclic) bond motifs is 2. The van der Waals surface area contributed by atoms with Gasteiger partial charge >= 0.3 is 0 Å². The van der Waals surface area contributed by atoms with Gasteiger partial charge in [0.1, 0.15) is 0 Å². The summed E-state index contributed by atoms with van der Waals surface area (Å²) in [6.07, 6.45) is 0. The molecule has 0 atom stereocenters. The fourth-order valence-electron chi connectivity index (χ4n) is 2.51. The molecule has 4 heteroatoms. The number of benzene rings is 2. The zero-order valence-corrected chi connectivity index (χ0v) is 12.7. The van der Waals surface area contributed by atoms with Gasteiger partial charge in [-0.2, -0.15) is 0 Å². The third-order valence-electron chi connectivity index (χ3n) is 3.57. The highest BCUT2D eigenvalue weighted by molar-refractivity contribution is 7.24. The predicted octanol–water partition coefficient (Wildman–Crippen LogP) is 2.84. The van der Waals surface area contributed by atoms with Gasteiger partial charge in [-0.25, -0.2) is 0 Å². The lowest BCUT2D eigenvalue weighted by molar-refractivity contribution is 0.217. The summed E-state index contributed by atoms with van der Waals surface area (Å²) in [7, 11) is 1.96. The quantitative estimate of drug-likeness (QED) is 0.753. The van der Waals surface area contributed by atoms with Crippen LogP contribution in [-0.2, 0) is 6.54 Å². The minimum absolute atomic E-state index is 0.103. The second-order valence-corrected chi connectivity index (χ2v) is 6.30. The lowest BCUT2D eigenvalue weighted by atomic mass is 10.1. The van der Waals surface area contributed by atoms with Crippen LogP contribution in [-0.4, -0.2) is 30.2 Å². The average molecular weight is 299 g/mol. The van der Waals surface area contributed by atoms with Crippen molar-refractivity contribution in [3.8, 4) is 0 Å². The topological polar surface area (TPSA) is 40.5 Å². The highest BCUT2D eigenvalue weighted by Gasteiger charge is 2.07. The zero-order valence-electron chi connectivity index (χ0n) is 11.9. The van der Waals surface area contributed by atoms with E-state index in [1.54, 1.807) is 11.3 Å². The van der Waals surface area contributed by atoms with Crippen molar-refractivity contribution in [2.45, 2.75) is 6.54 Å². The fraction of sp³-hybridized carbons (Fsp3) is 0.235. The van der Waals surface area contributed by atoms with Crippen LogP contribution < -0.4 is 5.43 Å². The normalized spacial score (nSPS) is 11.6. The van der Waals surface area contributed by atoms with Crippen LogP contribution in [0.4, 0.5) is 0 Å². The molecule has 1 heterocycles. The number of hydrogen-bond acceptors (Lipinski definition) is 4. The third-order valence-corrected chi connectivity index (χ3v) is 4.73. The molecule has 2 aromatic carbocycles. The Morgan fingerprint density at radius 2 is 1.86 bits per heavy atom. The number of hydrogen-bond donors (Lipinski definition) is 1. The summed E-state index contributed by atoms with van der Waals surface area (Å²) in [4.78, 5) is 14.6. The van der Waals surface area contributed by atoms with Gasteiger partial charge < -0.3 is 5.11 Å². The van der Waals surface area contributed by atoms with Crippen LogP contribution in [0.25, 0.3) is 20.2 Å². The second kappa shape index (κ2) is 5.93. The first kappa shape index (κ1) is 14.2. The summed E-state index contributed by atoms with van der Waals surface area (Å²) >= 11 is 1.65. The Hall–Kier alpha value is -1.75. The Morgan fingerprint density at radius 3 is 2.67 bits per heavy atom. The number of rotatable bonds is 4. The molecular formula is C17H17NO2S. The van der Waals surface area contributed by atoms with Crippen molar-refractivity contribution < 1.29 is 5.11 Å². The number of aliphatic hydroxyl groups is 1.